The standard InChI is InChI=1S/C31H33O5P/c1-21-9-7-10-22(2)29(21)35-37(33,36-30-23(3)11-8-12-24(30)4)34-28-19-15-26(16-20-28)31(5,6)25-13-17-27(32)18-14-25/h7-20,32H,1-6H3. The van der Waals surface area contributed by atoms with Gasteiger partial charge in [0.2, 0.25) is 0 Å². The van der Waals surface area contributed by atoms with Crippen molar-refractivity contribution in [2.45, 2.75) is 47.0 Å². The average Bonchev–Trinajstić information content (AvgIpc) is 2.85. The summed E-state index contributed by atoms with van der Waals surface area (Å²) in [6.07, 6.45) is 0. The van der Waals surface area contributed by atoms with Crippen molar-refractivity contribution in [2.75, 3.05) is 0 Å². The molecule has 192 valence electrons. The Labute approximate surface area is 219 Å². The Hall–Kier alpha value is -3.69. The second-order valence-electron chi connectivity index (χ2n) is 9.86. The Bertz CT molecular complexity index is 1340. The van der Waals surface area contributed by atoms with Gasteiger partial charge in [0.15, 0.2) is 0 Å². The zero-order valence-corrected chi connectivity index (χ0v) is 23.0. The maximum atomic E-state index is 14.2. The summed E-state index contributed by atoms with van der Waals surface area (Å²) in [5.74, 6) is 1.54. The Balaban J connectivity index is 1.67. The molecule has 4 rings (SSSR count). The molecule has 0 spiro atoms. The Kier molecular flexibility index (Phi) is 7.38. The molecule has 4 aromatic rings. The molecule has 0 aromatic heterocycles. The van der Waals surface area contributed by atoms with Gasteiger partial charge in [-0.2, -0.15) is 4.57 Å². The third-order valence-electron chi connectivity index (χ3n) is 6.61. The molecule has 0 heterocycles. The lowest BCUT2D eigenvalue weighted by molar-refractivity contribution is 0.295. The van der Waals surface area contributed by atoms with E-state index in [1.54, 1.807) is 24.3 Å². The summed E-state index contributed by atoms with van der Waals surface area (Å²) >= 11 is 0. The van der Waals surface area contributed by atoms with Crippen LogP contribution in [0.2, 0.25) is 0 Å². The number of aryl methyl sites for hydroxylation is 4. The molecule has 1 N–H and O–H groups in total. The summed E-state index contributed by atoms with van der Waals surface area (Å²) in [7, 11) is -4.14. The van der Waals surface area contributed by atoms with E-state index in [-0.39, 0.29) is 11.2 Å². The maximum absolute atomic E-state index is 14.2. The predicted octanol–water partition coefficient (Wildman–Crippen LogP) is 8.60. The van der Waals surface area contributed by atoms with Gasteiger partial charge in [-0.05, 0) is 85.3 Å². The molecule has 5 nitrogen and oxygen atoms in total. The fourth-order valence-electron chi connectivity index (χ4n) is 4.27. The van der Waals surface area contributed by atoms with E-state index >= 15 is 0 Å². The molecule has 0 fully saturated rings. The Morgan fingerprint density at radius 1 is 0.595 bits per heavy atom. The van der Waals surface area contributed by atoms with Crippen LogP contribution >= 0.6 is 7.82 Å². The zero-order chi connectivity index (χ0) is 26.8. The molecule has 0 radical (unpaired) electrons. The van der Waals surface area contributed by atoms with Gasteiger partial charge >= 0.3 is 7.82 Å². The van der Waals surface area contributed by atoms with Gasteiger partial charge in [-0.3, -0.25) is 0 Å². The minimum absolute atomic E-state index is 0.229. The number of rotatable bonds is 8. The molecular weight excluding hydrogens is 483 g/mol. The Morgan fingerprint density at radius 2 is 0.973 bits per heavy atom. The average molecular weight is 517 g/mol. The number of hydrogen-bond donors (Lipinski definition) is 1. The third kappa shape index (κ3) is 5.84. The van der Waals surface area contributed by atoms with E-state index in [4.69, 9.17) is 13.6 Å². The summed E-state index contributed by atoms with van der Waals surface area (Å²) in [5.41, 5.74) is 5.10. The zero-order valence-electron chi connectivity index (χ0n) is 22.1. The second-order valence-corrected chi connectivity index (χ2v) is 11.3. The van der Waals surface area contributed by atoms with E-state index in [9.17, 15) is 9.67 Å². The van der Waals surface area contributed by atoms with Crippen molar-refractivity contribution in [2.24, 2.45) is 0 Å². The molecule has 0 aliphatic carbocycles. The molecular formula is C31H33O5P. The van der Waals surface area contributed by atoms with Crippen molar-refractivity contribution in [1.82, 2.24) is 0 Å². The SMILES string of the molecule is Cc1cccc(C)c1OP(=O)(Oc1ccc(C(C)(C)c2ccc(O)cc2)cc1)Oc1c(C)cccc1C. The number of hydrogen-bond acceptors (Lipinski definition) is 5. The summed E-state index contributed by atoms with van der Waals surface area (Å²) in [6, 6.07) is 26.0. The minimum atomic E-state index is -4.14. The van der Waals surface area contributed by atoms with E-state index in [1.807, 2.05) is 88.4 Å². The van der Waals surface area contributed by atoms with Gasteiger partial charge in [0, 0.05) is 5.41 Å². The van der Waals surface area contributed by atoms with Crippen LogP contribution in [0.15, 0.2) is 84.9 Å². The van der Waals surface area contributed by atoms with Gasteiger partial charge in [-0.15, -0.1) is 0 Å². The quantitative estimate of drug-likeness (QED) is 0.238. The first-order valence-corrected chi connectivity index (χ1v) is 13.7. The fraction of sp³-hybridized carbons (Fsp3) is 0.226. The fourth-order valence-corrected chi connectivity index (χ4v) is 5.79. The lowest BCUT2D eigenvalue weighted by atomic mass is 9.78. The lowest BCUT2D eigenvalue weighted by Crippen LogP contribution is -2.18. The van der Waals surface area contributed by atoms with Crippen molar-refractivity contribution in [3.8, 4) is 23.0 Å². The number of benzene rings is 4. The van der Waals surface area contributed by atoms with Crippen LogP contribution < -0.4 is 13.6 Å². The van der Waals surface area contributed by atoms with Crippen LogP contribution in [0, 0.1) is 27.7 Å². The smallest absolute Gasteiger partial charge is 0.508 e. The van der Waals surface area contributed by atoms with Crippen LogP contribution in [-0.4, -0.2) is 5.11 Å². The van der Waals surface area contributed by atoms with Crippen molar-refractivity contribution in [3.05, 3.63) is 118 Å². The van der Waals surface area contributed by atoms with Gasteiger partial charge in [-0.25, -0.2) is 0 Å². The highest BCUT2D eigenvalue weighted by Crippen LogP contribution is 2.52. The van der Waals surface area contributed by atoms with Gasteiger partial charge < -0.3 is 18.7 Å². The molecule has 0 aliphatic rings. The van der Waals surface area contributed by atoms with E-state index in [0.717, 1.165) is 33.4 Å². The molecule has 0 unspecified atom stereocenters. The second kappa shape index (κ2) is 10.4. The van der Waals surface area contributed by atoms with Crippen molar-refractivity contribution >= 4 is 7.82 Å². The molecule has 0 aliphatic heterocycles. The molecule has 0 atom stereocenters. The van der Waals surface area contributed by atoms with E-state index in [0.29, 0.717) is 17.2 Å². The topological polar surface area (TPSA) is 65.0 Å². The molecule has 0 saturated heterocycles. The molecule has 37 heavy (non-hydrogen) atoms. The largest absolute Gasteiger partial charge is 0.647 e. The number of phosphoric ester groups is 1. The number of para-hydroxylation sites is 2. The van der Waals surface area contributed by atoms with Crippen molar-refractivity contribution in [3.63, 3.8) is 0 Å². The number of phenolic OH excluding ortho intramolecular Hbond substituents is 1. The van der Waals surface area contributed by atoms with Crippen LogP contribution in [0.3, 0.4) is 0 Å². The van der Waals surface area contributed by atoms with Gasteiger partial charge in [0.1, 0.15) is 23.0 Å². The van der Waals surface area contributed by atoms with Gasteiger partial charge in [0.05, 0.1) is 0 Å². The van der Waals surface area contributed by atoms with E-state index < -0.39 is 7.82 Å². The summed E-state index contributed by atoms with van der Waals surface area (Å²) in [6.45, 7) is 11.8. The van der Waals surface area contributed by atoms with Crippen LogP contribution in [0.5, 0.6) is 23.0 Å². The van der Waals surface area contributed by atoms with Gasteiger partial charge in [-0.1, -0.05) is 74.5 Å². The highest BCUT2D eigenvalue weighted by molar-refractivity contribution is 7.49. The van der Waals surface area contributed by atoms with Gasteiger partial charge in [0.25, 0.3) is 0 Å². The van der Waals surface area contributed by atoms with Crippen molar-refractivity contribution < 1.29 is 23.2 Å². The monoisotopic (exact) mass is 516 g/mol. The number of phenols is 1. The molecule has 0 saturated carbocycles. The number of aromatic hydroxyl groups is 1. The summed E-state index contributed by atoms with van der Waals surface area (Å²) < 4.78 is 32.3. The normalized spacial score (nSPS) is 11.7. The van der Waals surface area contributed by atoms with Crippen LogP contribution in [0.25, 0.3) is 0 Å². The lowest BCUT2D eigenvalue weighted by Gasteiger charge is -2.27. The van der Waals surface area contributed by atoms with Crippen LogP contribution in [-0.2, 0) is 9.98 Å². The molecule has 4 aromatic carbocycles. The van der Waals surface area contributed by atoms with Crippen molar-refractivity contribution in [1.29, 1.82) is 0 Å². The Morgan fingerprint density at radius 3 is 1.38 bits per heavy atom. The van der Waals surface area contributed by atoms with Crippen LogP contribution in [0.1, 0.15) is 47.2 Å². The van der Waals surface area contributed by atoms with Crippen LogP contribution in [0.4, 0.5) is 0 Å². The molecule has 6 heteroatoms. The highest BCUT2D eigenvalue weighted by atomic mass is 31.2. The third-order valence-corrected chi connectivity index (χ3v) is 7.85. The van der Waals surface area contributed by atoms with E-state index in [2.05, 4.69) is 13.8 Å². The first-order chi connectivity index (χ1) is 17.5. The maximum Gasteiger partial charge on any atom is 0.647 e. The van der Waals surface area contributed by atoms with E-state index in [1.165, 1.54) is 0 Å². The predicted molar refractivity (Wildman–Crippen MR) is 148 cm³/mol. The summed E-state index contributed by atoms with van der Waals surface area (Å²) in [5, 5.41) is 9.65. The first-order valence-electron chi connectivity index (χ1n) is 12.2. The molecule has 0 amide bonds. The first kappa shape index (κ1) is 26.4. The summed E-state index contributed by atoms with van der Waals surface area (Å²) in [4.78, 5) is 0. The molecule has 0 bridgehead atoms. The minimum Gasteiger partial charge on any atom is -0.508 e. The highest BCUT2D eigenvalue weighted by Gasteiger charge is 2.35. The number of phosphoric acid groups is 1.